The molecule has 0 radical (unpaired) electrons. The highest BCUT2D eigenvalue weighted by molar-refractivity contribution is 5.89. The molecule has 7 heteroatoms. The number of hydrogen-bond acceptors (Lipinski definition) is 6. The second-order valence-corrected chi connectivity index (χ2v) is 7.14. The van der Waals surface area contributed by atoms with Gasteiger partial charge in [-0.25, -0.2) is 4.39 Å². The van der Waals surface area contributed by atoms with E-state index in [1.54, 1.807) is 6.07 Å². The summed E-state index contributed by atoms with van der Waals surface area (Å²) in [5.74, 6) is -1.22. The number of phenolic OH excluding ortho intramolecular Hbond substituents is 2. The molecule has 0 bridgehead atoms. The Bertz CT molecular complexity index is 1110. The van der Waals surface area contributed by atoms with Crippen molar-refractivity contribution in [3.63, 3.8) is 0 Å². The number of nitrogens with zero attached hydrogens (tertiary/aromatic N) is 1. The monoisotopic (exact) mass is 385 g/mol. The van der Waals surface area contributed by atoms with Crippen LogP contribution in [0.5, 0.6) is 11.5 Å². The van der Waals surface area contributed by atoms with Gasteiger partial charge in [0.1, 0.15) is 34.0 Å². The van der Waals surface area contributed by atoms with E-state index in [-0.39, 0.29) is 46.8 Å². The average Bonchev–Trinajstić information content (AvgIpc) is 3.01. The van der Waals surface area contributed by atoms with Gasteiger partial charge in [-0.05, 0) is 32.1 Å². The minimum Gasteiger partial charge on any atom is -0.507 e. The van der Waals surface area contributed by atoms with Crippen molar-refractivity contribution in [3.8, 4) is 22.8 Å². The second kappa shape index (κ2) is 6.92. The quantitative estimate of drug-likeness (QED) is 0.642. The molecule has 1 fully saturated rings. The number of likely N-dealkylation sites (tertiary alicyclic amines) is 1. The third-order valence-corrected chi connectivity index (χ3v) is 5.49. The van der Waals surface area contributed by atoms with Crippen LogP contribution in [0.2, 0.25) is 0 Å². The summed E-state index contributed by atoms with van der Waals surface area (Å²) in [6, 6.07) is 7.70. The molecule has 2 aromatic carbocycles. The van der Waals surface area contributed by atoms with Crippen LogP contribution in [-0.4, -0.2) is 46.5 Å². The fourth-order valence-electron chi connectivity index (χ4n) is 4.08. The first kappa shape index (κ1) is 18.5. The van der Waals surface area contributed by atoms with E-state index in [9.17, 15) is 24.5 Å². The van der Waals surface area contributed by atoms with Gasteiger partial charge in [0, 0.05) is 35.2 Å². The maximum Gasteiger partial charge on any atom is 0.197 e. The van der Waals surface area contributed by atoms with E-state index < -0.39 is 11.2 Å². The average molecular weight is 385 g/mol. The summed E-state index contributed by atoms with van der Waals surface area (Å²) in [5.41, 5.74) is 0.302. The van der Waals surface area contributed by atoms with Gasteiger partial charge in [0.15, 0.2) is 5.43 Å². The summed E-state index contributed by atoms with van der Waals surface area (Å²) < 4.78 is 19.6. The third-order valence-electron chi connectivity index (χ3n) is 5.49. The molecule has 2 atom stereocenters. The summed E-state index contributed by atoms with van der Waals surface area (Å²) >= 11 is 0. The van der Waals surface area contributed by atoms with E-state index in [0.29, 0.717) is 24.1 Å². The number of phenols is 2. The van der Waals surface area contributed by atoms with E-state index in [0.717, 1.165) is 6.07 Å². The Labute approximate surface area is 160 Å². The van der Waals surface area contributed by atoms with Crippen LogP contribution in [0.15, 0.2) is 45.6 Å². The van der Waals surface area contributed by atoms with Crippen molar-refractivity contribution < 1.29 is 24.1 Å². The van der Waals surface area contributed by atoms with Crippen LogP contribution in [-0.2, 0) is 0 Å². The van der Waals surface area contributed by atoms with Crippen molar-refractivity contribution in [3.05, 3.63) is 58.0 Å². The van der Waals surface area contributed by atoms with E-state index >= 15 is 0 Å². The molecule has 0 spiro atoms. The van der Waals surface area contributed by atoms with E-state index in [2.05, 4.69) is 0 Å². The van der Waals surface area contributed by atoms with E-state index in [1.807, 2.05) is 11.9 Å². The zero-order valence-corrected chi connectivity index (χ0v) is 15.2. The summed E-state index contributed by atoms with van der Waals surface area (Å²) in [7, 11) is 1.87. The predicted molar refractivity (Wildman–Crippen MR) is 102 cm³/mol. The number of aromatic hydroxyl groups is 2. The fraction of sp³-hybridized carbons (Fsp3) is 0.286. The van der Waals surface area contributed by atoms with Gasteiger partial charge in [-0.2, -0.15) is 0 Å². The molecule has 3 aromatic rings. The van der Waals surface area contributed by atoms with Crippen molar-refractivity contribution >= 4 is 11.0 Å². The van der Waals surface area contributed by atoms with Crippen LogP contribution in [0, 0.1) is 5.82 Å². The second-order valence-electron chi connectivity index (χ2n) is 7.14. The van der Waals surface area contributed by atoms with Gasteiger partial charge < -0.3 is 24.6 Å². The normalized spacial score (nSPS) is 20.1. The van der Waals surface area contributed by atoms with Crippen molar-refractivity contribution in [2.45, 2.75) is 18.4 Å². The minimum absolute atomic E-state index is 0.0424. The van der Waals surface area contributed by atoms with Gasteiger partial charge >= 0.3 is 0 Å². The van der Waals surface area contributed by atoms with Gasteiger partial charge in [-0.15, -0.1) is 0 Å². The van der Waals surface area contributed by atoms with Crippen molar-refractivity contribution in [2.24, 2.45) is 0 Å². The highest BCUT2D eigenvalue weighted by Gasteiger charge is 2.36. The summed E-state index contributed by atoms with van der Waals surface area (Å²) in [6.07, 6.45) is 0.642. The number of hydrogen-bond donors (Lipinski definition) is 3. The number of aliphatic hydroxyl groups is 1. The summed E-state index contributed by atoms with van der Waals surface area (Å²) in [4.78, 5) is 14.7. The number of fused-ring (bicyclic) bond motifs is 1. The Morgan fingerprint density at radius 2 is 2.00 bits per heavy atom. The number of rotatable bonds is 3. The molecule has 0 amide bonds. The fourth-order valence-corrected chi connectivity index (χ4v) is 4.08. The molecule has 6 nitrogen and oxygen atoms in total. The van der Waals surface area contributed by atoms with Gasteiger partial charge in [0.05, 0.1) is 6.61 Å². The lowest BCUT2D eigenvalue weighted by Gasteiger charge is -2.24. The zero-order chi connectivity index (χ0) is 20.0. The molecule has 3 N–H and O–H groups in total. The minimum atomic E-state index is -0.494. The summed E-state index contributed by atoms with van der Waals surface area (Å²) in [6.45, 7) is 0.572. The molecule has 0 saturated carbocycles. The van der Waals surface area contributed by atoms with Gasteiger partial charge in [0.25, 0.3) is 0 Å². The Balaban J connectivity index is 2.01. The molecule has 1 aromatic heterocycles. The van der Waals surface area contributed by atoms with E-state index in [4.69, 9.17) is 4.42 Å². The largest absolute Gasteiger partial charge is 0.507 e. The Morgan fingerprint density at radius 3 is 2.71 bits per heavy atom. The van der Waals surface area contributed by atoms with Crippen LogP contribution < -0.4 is 5.43 Å². The zero-order valence-electron chi connectivity index (χ0n) is 15.2. The molecule has 146 valence electrons. The van der Waals surface area contributed by atoms with Crippen LogP contribution in [0.3, 0.4) is 0 Å². The number of likely N-dealkylation sites (N-methyl/N-ethyl adjacent to an activating group) is 1. The number of halogens is 1. The van der Waals surface area contributed by atoms with Crippen LogP contribution in [0.4, 0.5) is 4.39 Å². The highest BCUT2D eigenvalue weighted by Crippen LogP contribution is 2.44. The van der Waals surface area contributed by atoms with E-state index in [1.165, 1.54) is 24.3 Å². The Morgan fingerprint density at radius 1 is 1.21 bits per heavy atom. The van der Waals surface area contributed by atoms with Crippen molar-refractivity contribution in [1.29, 1.82) is 0 Å². The third kappa shape index (κ3) is 2.93. The maximum absolute atomic E-state index is 13.6. The molecule has 4 rings (SSSR count). The molecular formula is C21H20FNO5. The Kier molecular flexibility index (Phi) is 4.56. The number of aliphatic hydroxyl groups excluding tert-OH is 1. The van der Waals surface area contributed by atoms with Crippen molar-refractivity contribution in [1.82, 2.24) is 4.90 Å². The Hall–Kier alpha value is -2.90. The highest BCUT2D eigenvalue weighted by atomic mass is 19.1. The molecule has 0 aliphatic carbocycles. The van der Waals surface area contributed by atoms with Gasteiger partial charge in [-0.3, -0.25) is 4.79 Å². The summed E-state index contributed by atoms with van der Waals surface area (Å²) in [5, 5.41) is 30.6. The maximum atomic E-state index is 13.6. The van der Waals surface area contributed by atoms with Crippen LogP contribution >= 0.6 is 0 Å². The number of benzene rings is 2. The van der Waals surface area contributed by atoms with Gasteiger partial charge in [0.2, 0.25) is 0 Å². The van der Waals surface area contributed by atoms with Gasteiger partial charge in [-0.1, -0.05) is 12.1 Å². The standard InChI is InChI=1S/C21H20FNO5/c1-23-6-5-13(14(23)10-24)19-15(25)8-16(26)20-17(27)9-18(28-21(19)20)11-3-2-4-12(22)7-11/h2-4,7-9,13-14,24-26H,5-6,10H2,1H3. The lowest BCUT2D eigenvalue weighted by Crippen LogP contribution is -2.32. The molecule has 2 heterocycles. The van der Waals surface area contributed by atoms with Crippen LogP contribution in [0.1, 0.15) is 17.9 Å². The predicted octanol–water partition coefficient (Wildman–Crippen LogP) is 2.79. The molecular weight excluding hydrogens is 365 g/mol. The lowest BCUT2D eigenvalue weighted by atomic mass is 9.89. The first-order valence-corrected chi connectivity index (χ1v) is 9.00. The van der Waals surface area contributed by atoms with Crippen molar-refractivity contribution in [2.75, 3.05) is 20.2 Å². The smallest absolute Gasteiger partial charge is 0.197 e. The molecule has 2 unspecified atom stereocenters. The molecule has 28 heavy (non-hydrogen) atoms. The topological polar surface area (TPSA) is 94.1 Å². The SMILES string of the molecule is CN1CCC(c2c(O)cc(O)c3c(=O)cc(-c4cccc(F)c4)oc23)C1CO. The molecule has 1 aliphatic heterocycles. The first-order valence-electron chi connectivity index (χ1n) is 9.00. The first-order chi connectivity index (χ1) is 13.4. The molecule has 1 aliphatic rings. The lowest BCUT2D eigenvalue weighted by molar-refractivity contribution is 0.172. The van der Waals surface area contributed by atoms with Crippen LogP contribution in [0.25, 0.3) is 22.3 Å². The molecule has 1 saturated heterocycles.